The minimum absolute atomic E-state index is 0.230. The molecule has 0 radical (unpaired) electrons. The van der Waals surface area contributed by atoms with Crippen LogP contribution in [0, 0.1) is 5.82 Å². The van der Waals surface area contributed by atoms with Gasteiger partial charge in [-0.25, -0.2) is 4.39 Å². The summed E-state index contributed by atoms with van der Waals surface area (Å²) in [7, 11) is 0. The highest BCUT2D eigenvalue weighted by Crippen LogP contribution is 2.16. The second kappa shape index (κ2) is 6.99. The van der Waals surface area contributed by atoms with Crippen LogP contribution in [0.15, 0.2) is 22.7 Å². The highest BCUT2D eigenvalue weighted by molar-refractivity contribution is 9.10. The maximum Gasteiger partial charge on any atom is 0.137 e. The highest BCUT2D eigenvalue weighted by atomic mass is 79.9. The third-order valence-electron chi connectivity index (χ3n) is 2.43. The van der Waals surface area contributed by atoms with Gasteiger partial charge in [0, 0.05) is 19.2 Å². The van der Waals surface area contributed by atoms with Crippen LogP contribution in [-0.2, 0) is 6.54 Å². The molecule has 1 aromatic rings. The number of benzene rings is 1. The van der Waals surface area contributed by atoms with E-state index in [1.807, 2.05) is 0 Å². The van der Waals surface area contributed by atoms with Crippen LogP contribution in [0.1, 0.15) is 25.3 Å². The zero-order valence-corrected chi connectivity index (χ0v) is 10.9. The summed E-state index contributed by atoms with van der Waals surface area (Å²) in [4.78, 5) is 0. The van der Waals surface area contributed by atoms with Crippen molar-refractivity contribution in [1.29, 1.82) is 0 Å². The fourth-order valence-corrected chi connectivity index (χ4v) is 1.87. The Bertz CT molecular complexity index is 333. The molecular formula is C12H17BrFNO. The molecule has 0 saturated heterocycles. The first-order chi connectivity index (χ1) is 7.63. The zero-order valence-electron chi connectivity index (χ0n) is 9.34. The van der Waals surface area contributed by atoms with Crippen molar-refractivity contribution in [1.82, 2.24) is 5.32 Å². The molecule has 0 aromatic heterocycles. The van der Waals surface area contributed by atoms with Gasteiger partial charge in [0.1, 0.15) is 5.82 Å². The summed E-state index contributed by atoms with van der Waals surface area (Å²) in [6.07, 6.45) is 1.75. The molecule has 4 heteroatoms. The second-order valence-electron chi connectivity index (χ2n) is 3.90. The van der Waals surface area contributed by atoms with Crippen LogP contribution >= 0.6 is 15.9 Å². The molecule has 0 aliphatic carbocycles. The number of rotatable bonds is 6. The van der Waals surface area contributed by atoms with E-state index < -0.39 is 0 Å². The Hall–Kier alpha value is -0.450. The normalized spacial score (nSPS) is 12.8. The highest BCUT2D eigenvalue weighted by Gasteiger charge is 2.03. The van der Waals surface area contributed by atoms with Crippen molar-refractivity contribution in [3.63, 3.8) is 0 Å². The van der Waals surface area contributed by atoms with Gasteiger partial charge >= 0.3 is 0 Å². The maximum absolute atomic E-state index is 13.0. The topological polar surface area (TPSA) is 32.3 Å². The molecule has 0 fully saturated rings. The van der Waals surface area contributed by atoms with E-state index in [0.29, 0.717) is 17.1 Å². The number of aliphatic hydroxyl groups is 1. The molecule has 90 valence electrons. The van der Waals surface area contributed by atoms with E-state index in [0.717, 1.165) is 18.4 Å². The molecule has 0 bridgehead atoms. The lowest BCUT2D eigenvalue weighted by atomic mass is 10.1. The van der Waals surface area contributed by atoms with E-state index in [-0.39, 0.29) is 12.4 Å². The molecule has 0 heterocycles. The van der Waals surface area contributed by atoms with Crippen molar-refractivity contribution < 1.29 is 9.50 Å². The second-order valence-corrected chi connectivity index (χ2v) is 4.75. The summed E-state index contributed by atoms with van der Waals surface area (Å²) >= 11 is 3.16. The Kier molecular flexibility index (Phi) is 5.95. The quantitative estimate of drug-likeness (QED) is 0.844. The first-order valence-corrected chi connectivity index (χ1v) is 6.21. The summed E-state index contributed by atoms with van der Waals surface area (Å²) in [6.45, 7) is 3.02. The van der Waals surface area contributed by atoms with Gasteiger partial charge in [-0.2, -0.15) is 0 Å². The molecule has 1 atom stereocenters. The predicted octanol–water partition coefficient (Wildman–Crippen LogP) is 2.84. The zero-order chi connectivity index (χ0) is 12.0. The van der Waals surface area contributed by atoms with Crippen molar-refractivity contribution >= 4 is 15.9 Å². The van der Waals surface area contributed by atoms with Gasteiger partial charge in [0.2, 0.25) is 0 Å². The summed E-state index contributed by atoms with van der Waals surface area (Å²) in [5.41, 5.74) is 1.05. The first-order valence-electron chi connectivity index (χ1n) is 5.41. The minimum atomic E-state index is -0.239. The average molecular weight is 290 g/mol. The van der Waals surface area contributed by atoms with E-state index in [1.54, 1.807) is 12.1 Å². The SMILES string of the molecule is CC(CCCO)NCc1ccc(F)c(Br)c1. The summed E-state index contributed by atoms with van der Waals surface area (Å²) < 4.78 is 13.5. The Morgan fingerprint density at radius 1 is 1.50 bits per heavy atom. The fraction of sp³-hybridized carbons (Fsp3) is 0.500. The number of hydrogen-bond donors (Lipinski definition) is 2. The van der Waals surface area contributed by atoms with E-state index in [1.165, 1.54) is 6.07 Å². The molecule has 0 aliphatic rings. The van der Waals surface area contributed by atoms with E-state index in [9.17, 15) is 4.39 Å². The number of halogens is 2. The van der Waals surface area contributed by atoms with Gasteiger partial charge < -0.3 is 10.4 Å². The number of aliphatic hydroxyl groups excluding tert-OH is 1. The molecule has 2 nitrogen and oxygen atoms in total. The van der Waals surface area contributed by atoms with Crippen molar-refractivity contribution in [2.45, 2.75) is 32.4 Å². The van der Waals surface area contributed by atoms with Crippen molar-refractivity contribution in [2.24, 2.45) is 0 Å². The van der Waals surface area contributed by atoms with Crippen LogP contribution in [-0.4, -0.2) is 17.8 Å². The molecule has 0 amide bonds. The molecule has 1 aromatic carbocycles. The monoisotopic (exact) mass is 289 g/mol. The van der Waals surface area contributed by atoms with Gasteiger partial charge in [-0.15, -0.1) is 0 Å². The van der Waals surface area contributed by atoms with Gasteiger partial charge in [-0.05, 0) is 53.4 Å². The molecule has 1 rings (SSSR count). The molecule has 0 saturated carbocycles. The summed E-state index contributed by atoms with van der Waals surface area (Å²) in [5.74, 6) is -0.239. The van der Waals surface area contributed by atoms with Gasteiger partial charge in [0.05, 0.1) is 4.47 Å². The van der Waals surface area contributed by atoms with E-state index in [4.69, 9.17) is 5.11 Å². The largest absolute Gasteiger partial charge is 0.396 e. The summed E-state index contributed by atoms with van der Waals surface area (Å²) in [5, 5.41) is 12.0. The van der Waals surface area contributed by atoms with Crippen LogP contribution < -0.4 is 5.32 Å². The van der Waals surface area contributed by atoms with Crippen LogP contribution in [0.5, 0.6) is 0 Å². The minimum Gasteiger partial charge on any atom is -0.396 e. The molecule has 2 N–H and O–H groups in total. The van der Waals surface area contributed by atoms with E-state index >= 15 is 0 Å². The smallest absolute Gasteiger partial charge is 0.137 e. The predicted molar refractivity (Wildman–Crippen MR) is 66.7 cm³/mol. The van der Waals surface area contributed by atoms with E-state index in [2.05, 4.69) is 28.2 Å². The molecule has 0 spiro atoms. The maximum atomic E-state index is 13.0. The van der Waals surface area contributed by atoms with Crippen molar-refractivity contribution in [3.8, 4) is 0 Å². The van der Waals surface area contributed by atoms with Gasteiger partial charge in [-0.3, -0.25) is 0 Å². The molecule has 0 aliphatic heterocycles. The van der Waals surface area contributed by atoms with Crippen LogP contribution in [0.4, 0.5) is 4.39 Å². The standard InChI is InChI=1S/C12H17BrFNO/c1-9(3-2-6-16)15-8-10-4-5-12(14)11(13)7-10/h4-5,7,9,15-16H,2-3,6,8H2,1H3. The van der Waals surface area contributed by atoms with Crippen LogP contribution in [0.2, 0.25) is 0 Å². The number of hydrogen-bond acceptors (Lipinski definition) is 2. The Morgan fingerprint density at radius 3 is 2.88 bits per heavy atom. The molecule has 1 unspecified atom stereocenters. The van der Waals surface area contributed by atoms with Crippen LogP contribution in [0.3, 0.4) is 0 Å². The van der Waals surface area contributed by atoms with Gasteiger partial charge in [0.15, 0.2) is 0 Å². The molecular weight excluding hydrogens is 273 g/mol. The lowest BCUT2D eigenvalue weighted by molar-refractivity contribution is 0.276. The van der Waals surface area contributed by atoms with Gasteiger partial charge in [-0.1, -0.05) is 6.07 Å². The number of nitrogens with one attached hydrogen (secondary N) is 1. The van der Waals surface area contributed by atoms with Crippen molar-refractivity contribution in [3.05, 3.63) is 34.1 Å². The fourth-order valence-electron chi connectivity index (χ4n) is 1.44. The first kappa shape index (κ1) is 13.6. The Morgan fingerprint density at radius 2 is 2.25 bits per heavy atom. The average Bonchev–Trinajstić information content (AvgIpc) is 2.28. The lowest BCUT2D eigenvalue weighted by Gasteiger charge is -2.13. The van der Waals surface area contributed by atoms with Crippen molar-refractivity contribution in [2.75, 3.05) is 6.61 Å². The Balaban J connectivity index is 2.39. The third kappa shape index (κ3) is 4.60. The van der Waals surface area contributed by atoms with Gasteiger partial charge in [0.25, 0.3) is 0 Å². The third-order valence-corrected chi connectivity index (χ3v) is 3.04. The Labute approximate surface area is 104 Å². The van der Waals surface area contributed by atoms with Crippen LogP contribution in [0.25, 0.3) is 0 Å². The molecule has 16 heavy (non-hydrogen) atoms. The summed E-state index contributed by atoms with van der Waals surface area (Å²) in [6, 6.07) is 5.36. The lowest BCUT2D eigenvalue weighted by Crippen LogP contribution is -2.25.